The number of H-pyrrole nitrogens is 1. The first-order chi connectivity index (χ1) is 9.90. The Balaban J connectivity index is 1.75. The van der Waals surface area contributed by atoms with Crippen LogP contribution < -0.4 is 0 Å². The van der Waals surface area contributed by atoms with Crippen molar-refractivity contribution in [3.8, 4) is 17.1 Å². The molecule has 0 spiro atoms. The molecule has 0 fully saturated rings. The Kier molecular flexibility index (Phi) is 2.39. The van der Waals surface area contributed by atoms with Crippen molar-refractivity contribution in [1.29, 1.82) is 0 Å². The maximum atomic E-state index is 4.60. The van der Waals surface area contributed by atoms with E-state index >= 15 is 0 Å². The van der Waals surface area contributed by atoms with Gasteiger partial charge < -0.3 is 4.98 Å². The molecular weight excluding hydrogens is 248 g/mol. The van der Waals surface area contributed by atoms with Gasteiger partial charge in [0.1, 0.15) is 5.82 Å². The standard InChI is InChI=1S/C16H12N4/c1-2-5-15-14(4-1)18-16(19-15)12-6-8-13(9-7-12)20-11-3-10-17-20/h1-11H,(H,18,19). The molecule has 0 aliphatic rings. The normalized spacial score (nSPS) is 11.0. The van der Waals surface area contributed by atoms with Crippen LogP contribution in [0.15, 0.2) is 67.0 Å². The molecule has 0 aliphatic heterocycles. The molecule has 0 bridgehead atoms. The zero-order valence-corrected chi connectivity index (χ0v) is 10.7. The molecule has 1 N–H and O–H groups in total. The number of aromatic nitrogens is 4. The largest absolute Gasteiger partial charge is 0.338 e. The molecule has 0 saturated carbocycles. The molecule has 0 saturated heterocycles. The fourth-order valence-electron chi connectivity index (χ4n) is 2.28. The summed E-state index contributed by atoms with van der Waals surface area (Å²) in [6, 6.07) is 18.1. The van der Waals surface area contributed by atoms with Crippen LogP contribution in [0.25, 0.3) is 28.1 Å². The third kappa shape index (κ3) is 1.78. The zero-order chi connectivity index (χ0) is 13.4. The van der Waals surface area contributed by atoms with Gasteiger partial charge in [-0.2, -0.15) is 5.10 Å². The molecule has 4 aromatic rings. The molecule has 4 heteroatoms. The van der Waals surface area contributed by atoms with Crippen LogP contribution in [0.5, 0.6) is 0 Å². The highest BCUT2D eigenvalue weighted by molar-refractivity contribution is 5.79. The Morgan fingerprint density at radius 1 is 0.900 bits per heavy atom. The van der Waals surface area contributed by atoms with Crippen LogP contribution in [0.1, 0.15) is 0 Å². The summed E-state index contributed by atoms with van der Waals surface area (Å²) in [5.74, 6) is 0.887. The summed E-state index contributed by atoms with van der Waals surface area (Å²) in [5.41, 5.74) is 4.14. The van der Waals surface area contributed by atoms with Gasteiger partial charge in [0.05, 0.1) is 16.7 Å². The van der Waals surface area contributed by atoms with E-state index in [2.05, 4.69) is 27.2 Å². The highest BCUT2D eigenvalue weighted by Crippen LogP contribution is 2.21. The summed E-state index contributed by atoms with van der Waals surface area (Å²) in [6.07, 6.45) is 3.70. The number of imidazole rings is 1. The van der Waals surface area contributed by atoms with Gasteiger partial charge >= 0.3 is 0 Å². The van der Waals surface area contributed by atoms with E-state index in [1.165, 1.54) is 0 Å². The van der Waals surface area contributed by atoms with Crippen LogP contribution in [0.2, 0.25) is 0 Å². The van der Waals surface area contributed by atoms with E-state index in [0.717, 1.165) is 28.1 Å². The first-order valence-electron chi connectivity index (χ1n) is 6.45. The van der Waals surface area contributed by atoms with Crippen molar-refractivity contribution in [2.75, 3.05) is 0 Å². The number of hydrogen-bond acceptors (Lipinski definition) is 2. The van der Waals surface area contributed by atoms with Gasteiger partial charge in [0, 0.05) is 18.0 Å². The number of rotatable bonds is 2. The third-order valence-electron chi connectivity index (χ3n) is 3.30. The zero-order valence-electron chi connectivity index (χ0n) is 10.7. The first kappa shape index (κ1) is 11.0. The number of benzene rings is 2. The van der Waals surface area contributed by atoms with Gasteiger partial charge in [0.2, 0.25) is 0 Å². The molecule has 2 aromatic carbocycles. The van der Waals surface area contributed by atoms with Gasteiger partial charge in [-0.25, -0.2) is 9.67 Å². The fourth-order valence-corrected chi connectivity index (χ4v) is 2.28. The summed E-state index contributed by atoms with van der Waals surface area (Å²) in [4.78, 5) is 7.93. The minimum atomic E-state index is 0.887. The third-order valence-corrected chi connectivity index (χ3v) is 3.30. The van der Waals surface area contributed by atoms with E-state index < -0.39 is 0 Å². The van der Waals surface area contributed by atoms with Crippen LogP contribution in [0.3, 0.4) is 0 Å². The quantitative estimate of drug-likeness (QED) is 0.600. The monoisotopic (exact) mass is 260 g/mol. The number of aromatic amines is 1. The molecule has 0 amide bonds. The predicted octanol–water partition coefficient (Wildman–Crippen LogP) is 3.42. The Hall–Kier alpha value is -2.88. The number of hydrogen-bond donors (Lipinski definition) is 1. The Morgan fingerprint density at radius 3 is 2.50 bits per heavy atom. The van der Waals surface area contributed by atoms with E-state index in [4.69, 9.17) is 0 Å². The van der Waals surface area contributed by atoms with E-state index in [9.17, 15) is 0 Å². The molecule has 2 aromatic heterocycles. The van der Waals surface area contributed by atoms with Crippen molar-refractivity contribution in [3.05, 3.63) is 67.0 Å². The lowest BCUT2D eigenvalue weighted by Crippen LogP contribution is -1.93. The van der Waals surface area contributed by atoms with Gasteiger partial charge in [-0.15, -0.1) is 0 Å². The molecule has 0 radical (unpaired) electrons. The average molecular weight is 260 g/mol. The molecule has 20 heavy (non-hydrogen) atoms. The lowest BCUT2D eigenvalue weighted by molar-refractivity contribution is 0.880. The number of nitrogens with one attached hydrogen (secondary N) is 1. The molecule has 0 unspecified atom stereocenters. The second-order valence-electron chi connectivity index (χ2n) is 4.60. The lowest BCUT2D eigenvalue weighted by atomic mass is 10.2. The van der Waals surface area contributed by atoms with Crippen molar-refractivity contribution in [2.24, 2.45) is 0 Å². The Morgan fingerprint density at radius 2 is 1.75 bits per heavy atom. The number of para-hydroxylation sites is 2. The molecule has 0 atom stereocenters. The van der Waals surface area contributed by atoms with Gasteiger partial charge in [-0.05, 0) is 42.5 Å². The average Bonchev–Trinajstić information content (AvgIpc) is 3.17. The van der Waals surface area contributed by atoms with E-state index in [1.54, 1.807) is 6.20 Å². The summed E-state index contributed by atoms with van der Waals surface area (Å²) in [6.45, 7) is 0. The van der Waals surface area contributed by atoms with Crippen molar-refractivity contribution < 1.29 is 0 Å². The fraction of sp³-hybridized carbons (Fsp3) is 0. The van der Waals surface area contributed by atoms with Crippen molar-refractivity contribution in [2.45, 2.75) is 0 Å². The van der Waals surface area contributed by atoms with Crippen LogP contribution in [0, 0.1) is 0 Å². The molecule has 4 nitrogen and oxygen atoms in total. The summed E-state index contributed by atoms with van der Waals surface area (Å²) < 4.78 is 1.84. The van der Waals surface area contributed by atoms with E-state index in [0.29, 0.717) is 0 Å². The van der Waals surface area contributed by atoms with Crippen LogP contribution in [0.4, 0.5) is 0 Å². The summed E-state index contributed by atoms with van der Waals surface area (Å²) in [7, 11) is 0. The summed E-state index contributed by atoms with van der Waals surface area (Å²) >= 11 is 0. The topological polar surface area (TPSA) is 46.5 Å². The van der Waals surface area contributed by atoms with Crippen molar-refractivity contribution in [1.82, 2.24) is 19.7 Å². The van der Waals surface area contributed by atoms with Gasteiger partial charge in [-0.1, -0.05) is 12.1 Å². The molecule has 4 rings (SSSR count). The van der Waals surface area contributed by atoms with E-state index in [-0.39, 0.29) is 0 Å². The predicted molar refractivity (Wildman–Crippen MR) is 78.7 cm³/mol. The minimum Gasteiger partial charge on any atom is -0.338 e. The number of fused-ring (bicyclic) bond motifs is 1. The highest BCUT2D eigenvalue weighted by Gasteiger charge is 2.05. The minimum absolute atomic E-state index is 0.887. The molecule has 0 aliphatic carbocycles. The van der Waals surface area contributed by atoms with Crippen molar-refractivity contribution >= 4 is 11.0 Å². The van der Waals surface area contributed by atoms with Crippen LogP contribution in [-0.2, 0) is 0 Å². The highest BCUT2D eigenvalue weighted by atomic mass is 15.3. The lowest BCUT2D eigenvalue weighted by Gasteiger charge is -2.02. The Bertz CT molecular complexity index is 809. The molecule has 96 valence electrons. The van der Waals surface area contributed by atoms with Gasteiger partial charge in [-0.3, -0.25) is 0 Å². The second kappa shape index (κ2) is 4.35. The Labute approximate surface area is 115 Å². The van der Waals surface area contributed by atoms with Gasteiger partial charge in [0.25, 0.3) is 0 Å². The maximum Gasteiger partial charge on any atom is 0.138 e. The molecule has 2 heterocycles. The smallest absolute Gasteiger partial charge is 0.138 e. The maximum absolute atomic E-state index is 4.60. The van der Waals surface area contributed by atoms with E-state index in [1.807, 2.05) is 53.3 Å². The second-order valence-corrected chi connectivity index (χ2v) is 4.60. The number of nitrogens with zero attached hydrogens (tertiary/aromatic N) is 3. The first-order valence-corrected chi connectivity index (χ1v) is 6.45. The SMILES string of the molecule is c1ccc2[nH]c(-c3ccc(-n4cccn4)cc3)nc2c1. The van der Waals surface area contributed by atoms with Crippen molar-refractivity contribution in [3.63, 3.8) is 0 Å². The van der Waals surface area contributed by atoms with Crippen LogP contribution >= 0.6 is 0 Å². The summed E-state index contributed by atoms with van der Waals surface area (Å²) in [5, 5.41) is 4.22. The molecular formula is C16H12N4. The van der Waals surface area contributed by atoms with Gasteiger partial charge in [0.15, 0.2) is 0 Å². The van der Waals surface area contributed by atoms with Crippen LogP contribution in [-0.4, -0.2) is 19.7 Å².